The maximum atomic E-state index is 13.4. The molecule has 3 rings (SSSR count). The fourth-order valence-corrected chi connectivity index (χ4v) is 2.84. The molecule has 0 saturated heterocycles. The largest absolute Gasteiger partial charge is 0.419 e. The van der Waals surface area contributed by atoms with E-state index in [0.29, 0.717) is 23.9 Å². The van der Waals surface area contributed by atoms with E-state index in [1.807, 2.05) is 36.4 Å². The van der Waals surface area contributed by atoms with Crippen molar-refractivity contribution in [1.29, 1.82) is 0 Å². The zero-order chi connectivity index (χ0) is 16.4. The summed E-state index contributed by atoms with van der Waals surface area (Å²) in [6, 6.07) is 7.63. The number of rotatable bonds is 5. The zero-order valence-corrected chi connectivity index (χ0v) is 13.5. The van der Waals surface area contributed by atoms with Crippen LogP contribution in [-0.2, 0) is 6.54 Å². The summed E-state index contributed by atoms with van der Waals surface area (Å²) in [5.74, 6) is -0.726. The third kappa shape index (κ3) is 3.46. The molecule has 0 saturated carbocycles. The summed E-state index contributed by atoms with van der Waals surface area (Å²) in [6.07, 6.45) is 0. The maximum absolute atomic E-state index is 13.4. The first-order valence-electron chi connectivity index (χ1n) is 7.06. The number of benzene rings is 1. The fourth-order valence-electron chi connectivity index (χ4n) is 2.19. The Morgan fingerprint density at radius 2 is 2.04 bits per heavy atom. The average molecular weight is 335 g/mol. The molecule has 4 nitrogen and oxygen atoms in total. The van der Waals surface area contributed by atoms with Crippen molar-refractivity contribution in [3.8, 4) is 10.8 Å². The molecule has 120 valence electrons. The van der Waals surface area contributed by atoms with Gasteiger partial charge in [0.1, 0.15) is 0 Å². The first kappa shape index (κ1) is 15.8. The van der Waals surface area contributed by atoms with Crippen molar-refractivity contribution in [3.63, 3.8) is 0 Å². The van der Waals surface area contributed by atoms with E-state index in [-0.39, 0.29) is 6.04 Å². The Balaban J connectivity index is 1.71. The number of hydrogen-bond acceptors (Lipinski definition) is 5. The number of nitrogens with zero attached hydrogens (tertiary/aromatic N) is 3. The van der Waals surface area contributed by atoms with Crippen LogP contribution >= 0.6 is 11.3 Å². The summed E-state index contributed by atoms with van der Waals surface area (Å²) in [5.41, 5.74) is 0.685. The molecule has 23 heavy (non-hydrogen) atoms. The third-order valence-electron chi connectivity index (χ3n) is 3.67. The predicted molar refractivity (Wildman–Crippen MR) is 83.9 cm³/mol. The van der Waals surface area contributed by atoms with Gasteiger partial charge < -0.3 is 4.42 Å². The molecule has 0 aliphatic heterocycles. The average Bonchev–Trinajstić information content (AvgIpc) is 3.20. The fraction of sp³-hybridized carbons (Fsp3) is 0.250. The van der Waals surface area contributed by atoms with E-state index in [1.54, 1.807) is 6.07 Å². The lowest BCUT2D eigenvalue weighted by molar-refractivity contribution is 0.228. The lowest BCUT2D eigenvalue weighted by Gasteiger charge is -2.23. The highest BCUT2D eigenvalue weighted by Crippen LogP contribution is 2.25. The van der Waals surface area contributed by atoms with Gasteiger partial charge in [0, 0.05) is 6.04 Å². The second-order valence-electron chi connectivity index (χ2n) is 5.24. The van der Waals surface area contributed by atoms with Crippen LogP contribution in [0.5, 0.6) is 0 Å². The summed E-state index contributed by atoms with van der Waals surface area (Å²) in [5, 5.41) is 10.0. The van der Waals surface area contributed by atoms with Crippen LogP contribution < -0.4 is 0 Å². The van der Waals surface area contributed by atoms with E-state index in [2.05, 4.69) is 10.2 Å². The van der Waals surface area contributed by atoms with Gasteiger partial charge in [0.15, 0.2) is 11.6 Å². The molecular weight excluding hydrogens is 320 g/mol. The molecule has 0 aliphatic carbocycles. The van der Waals surface area contributed by atoms with Gasteiger partial charge in [-0.3, -0.25) is 4.90 Å². The molecule has 1 aromatic carbocycles. The maximum Gasteiger partial charge on any atom is 0.257 e. The van der Waals surface area contributed by atoms with E-state index in [4.69, 9.17) is 4.42 Å². The highest BCUT2D eigenvalue weighted by molar-refractivity contribution is 7.13. The highest BCUT2D eigenvalue weighted by atomic mass is 32.1. The van der Waals surface area contributed by atoms with Crippen molar-refractivity contribution >= 4 is 11.3 Å². The molecule has 1 atom stereocenters. The standard InChI is InChI=1S/C16H15F2N3OS/c1-10(11-5-6-12(17)13(18)8-11)21(2)9-15-19-20-16(22-15)14-4-3-7-23-14/h3-8,10H,9H2,1-2H3. The topological polar surface area (TPSA) is 42.2 Å². The molecule has 7 heteroatoms. The smallest absolute Gasteiger partial charge is 0.257 e. The number of hydrogen-bond donors (Lipinski definition) is 0. The summed E-state index contributed by atoms with van der Waals surface area (Å²) in [7, 11) is 1.86. The van der Waals surface area contributed by atoms with Gasteiger partial charge in [-0.25, -0.2) is 8.78 Å². The quantitative estimate of drug-likeness (QED) is 0.698. The van der Waals surface area contributed by atoms with Crippen molar-refractivity contribution in [1.82, 2.24) is 15.1 Å². The minimum Gasteiger partial charge on any atom is -0.419 e. The molecule has 0 fully saturated rings. The molecule has 2 aromatic heterocycles. The Morgan fingerprint density at radius 1 is 1.22 bits per heavy atom. The SMILES string of the molecule is CC(c1ccc(F)c(F)c1)N(C)Cc1nnc(-c2cccs2)o1. The van der Waals surface area contributed by atoms with Crippen LogP contribution in [0.3, 0.4) is 0 Å². The monoisotopic (exact) mass is 335 g/mol. The van der Waals surface area contributed by atoms with Crippen LogP contribution in [0.2, 0.25) is 0 Å². The minimum absolute atomic E-state index is 0.123. The van der Waals surface area contributed by atoms with Crippen molar-refractivity contribution in [3.05, 3.63) is 58.8 Å². The van der Waals surface area contributed by atoms with Gasteiger partial charge in [-0.15, -0.1) is 21.5 Å². The van der Waals surface area contributed by atoms with Gasteiger partial charge in [-0.2, -0.15) is 0 Å². The van der Waals surface area contributed by atoms with Gasteiger partial charge in [0.2, 0.25) is 5.89 Å². The second-order valence-corrected chi connectivity index (χ2v) is 6.19. The first-order valence-corrected chi connectivity index (χ1v) is 7.94. The van der Waals surface area contributed by atoms with Gasteiger partial charge in [0.05, 0.1) is 11.4 Å². The summed E-state index contributed by atoms with van der Waals surface area (Å²) in [4.78, 5) is 2.85. The molecular formula is C16H15F2N3OS. The van der Waals surface area contributed by atoms with Crippen LogP contribution in [0.1, 0.15) is 24.4 Å². The molecule has 0 bridgehead atoms. The van der Waals surface area contributed by atoms with Gasteiger partial charge in [-0.1, -0.05) is 12.1 Å². The van der Waals surface area contributed by atoms with E-state index in [1.165, 1.54) is 17.4 Å². The molecule has 0 amide bonds. The van der Waals surface area contributed by atoms with Crippen LogP contribution in [0.25, 0.3) is 10.8 Å². The van der Waals surface area contributed by atoms with Crippen LogP contribution in [-0.4, -0.2) is 22.1 Å². The zero-order valence-electron chi connectivity index (χ0n) is 12.7. The third-order valence-corrected chi connectivity index (χ3v) is 4.53. The molecule has 3 aromatic rings. The van der Waals surface area contributed by atoms with E-state index >= 15 is 0 Å². The highest BCUT2D eigenvalue weighted by Gasteiger charge is 2.17. The molecule has 0 N–H and O–H groups in total. The normalized spacial score (nSPS) is 12.7. The lowest BCUT2D eigenvalue weighted by atomic mass is 10.1. The van der Waals surface area contributed by atoms with Crippen molar-refractivity contribution in [2.24, 2.45) is 0 Å². The van der Waals surface area contributed by atoms with E-state index < -0.39 is 11.6 Å². The van der Waals surface area contributed by atoms with Crippen molar-refractivity contribution < 1.29 is 13.2 Å². The summed E-state index contributed by atoms with van der Waals surface area (Å²) >= 11 is 1.53. The first-order chi connectivity index (χ1) is 11.0. The number of halogens is 2. The molecule has 0 radical (unpaired) electrons. The Morgan fingerprint density at radius 3 is 2.74 bits per heavy atom. The number of thiophene rings is 1. The van der Waals surface area contributed by atoms with E-state index in [0.717, 1.165) is 10.9 Å². The molecule has 0 aliphatic rings. The second kappa shape index (κ2) is 6.55. The van der Waals surface area contributed by atoms with E-state index in [9.17, 15) is 8.78 Å². The van der Waals surface area contributed by atoms with Crippen molar-refractivity contribution in [2.45, 2.75) is 19.5 Å². The molecule has 0 spiro atoms. The Labute approximate surface area is 136 Å². The summed E-state index contributed by atoms with van der Waals surface area (Å²) in [6.45, 7) is 2.32. The minimum atomic E-state index is -0.847. The van der Waals surface area contributed by atoms with Gasteiger partial charge >= 0.3 is 0 Å². The van der Waals surface area contributed by atoms with Gasteiger partial charge in [0.25, 0.3) is 5.89 Å². The summed E-state index contributed by atoms with van der Waals surface area (Å²) < 4.78 is 32.0. The Kier molecular flexibility index (Phi) is 4.49. The molecule has 2 heterocycles. The lowest BCUT2D eigenvalue weighted by Crippen LogP contribution is -2.22. The Bertz CT molecular complexity index is 788. The van der Waals surface area contributed by atoms with Crippen molar-refractivity contribution in [2.75, 3.05) is 7.05 Å². The van der Waals surface area contributed by atoms with Crippen LogP contribution in [0, 0.1) is 11.6 Å². The Hall–Kier alpha value is -2.12. The molecule has 1 unspecified atom stereocenters. The number of aromatic nitrogens is 2. The van der Waals surface area contributed by atoms with Crippen LogP contribution in [0.4, 0.5) is 8.78 Å². The van der Waals surface area contributed by atoms with Crippen LogP contribution in [0.15, 0.2) is 40.1 Å². The predicted octanol–water partition coefficient (Wildman–Crippen LogP) is 4.27. The van der Waals surface area contributed by atoms with Gasteiger partial charge in [-0.05, 0) is 43.1 Å².